The molecule has 0 bridgehead atoms. The molecule has 0 amide bonds. The van der Waals surface area contributed by atoms with E-state index in [0.717, 1.165) is 10.7 Å². The Hall–Kier alpha value is -2.68. The van der Waals surface area contributed by atoms with E-state index in [1.807, 2.05) is 5.38 Å². The van der Waals surface area contributed by atoms with E-state index in [-0.39, 0.29) is 5.56 Å². The highest BCUT2D eigenvalue weighted by Crippen LogP contribution is 2.33. The van der Waals surface area contributed by atoms with Crippen molar-refractivity contribution in [3.63, 3.8) is 0 Å². The number of aromatic nitrogens is 2. The Kier molecular flexibility index (Phi) is 5.19. The van der Waals surface area contributed by atoms with Crippen LogP contribution in [0.5, 0.6) is 0 Å². The normalized spacial score (nSPS) is 12.1. The third-order valence-corrected chi connectivity index (χ3v) is 5.49. The standard InChI is InChI=1S/C19H14FN3O2S2/c20-16-10-13(27-23-19-22-7-9-26-19)3-4-14(16)18(24)15-2-1-6-21-17(15)12-5-8-25-11-12/h1-11,18,24H,(H,22,23). The number of rotatable bonds is 6. The summed E-state index contributed by atoms with van der Waals surface area (Å²) in [5, 5.41) is 13.4. The highest BCUT2D eigenvalue weighted by atomic mass is 32.2. The molecular formula is C19H14FN3O2S2. The predicted molar refractivity (Wildman–Crippen MR) is 104 cm³/mol. The fourth-order valence-electron chi connectivity index (χ4n) is 2.62. The summed E-state index contributed by atoms with van der Waals surface area (Å²) >= 11 is 2.72. The number of aliphatic hydroxyl groups excluding tert-OH is 1. The maximum atomic E-state index is 14.7. The smallest absolute Gasteiger partial charge is 0.192 e. The number of halogens is 1. The number of hydrogen-bond acceptors (Lipinski definition) is 7. The summed E-state index contributed by atoms with van der Waals surface area (Å²) < 4.78 is 22.8. The summed E-state index contributed by atoms with van der Waals surface area (Å²) in [6.07, 6.45) is 5.24. The zero-order valence-corrected chi connectivity index (χ0v) is 15.5. The van der Waals surface area contributed by atoms with Gasteiger partial charge in [0.15, 0.2) is 5.13 Å². The summed E-state index contributed by atoms with van der Waals surface area (Å²) in [6.45, 7) is 0. The molecule has 2 N–H and O–H groups in total. The van der Waals surface area contributed by atoms with E-state index in [1.54, 1.807) is 49.0 Å². The molecule has 1 aromatic carbocycles. The molecular weight excluding hydrogens is 385 g/mol. The predicted octanol–water partition coefficient (Wildman–Crippen LogP) is 5.14. The summed E-state index contributed by atoms with van der Waals surface area (Å²) in [7, 11) is 0. The molecule has 0 fully saturated rings. The van der Waals surface area contributed by atoms with Gasteiger partial charge in [-0.2, -0.15) is 0 Å². The number of nitrogens with one attached hydrogen (secondary N) is 1. The van der Waals surface area contributed by atoms with Gasteiger partial charge in [0.25, 0.3) is 0 Å². The van der Waals surface area contributed by atoms with Gasteiger partial charge in [-0.1, -0.05) is 12.1 Å². The monoisotopic (exact) mass is 399 g/mol. The molecule has 136 valence electrons. The first kappa shape index (κ1) is 17.7. The van der Waals surface area contributed by atoms with Crippen LogP contribution in [0.1, 0.15) is 17.2 Å². The van der Waals surface area contributed by atoms with Gasteiger partial charge in [0.05, 0.1) is 18.2 Å². The number of anilines is 1. The average Bonchev–Trinajstić information content (AvgIpc) is 3.40. The van der Waals surface area contributed by atoms with E-state index < -0.39 is 11.9 Å². The molecule has 5 nitrogen and oxygen atoms in total. The lowest BCUT2D eigenvalue weighted by Crippen LogP contribution is -2.05. The van der Waals surface area contributed by atoms with E-state index in [4.69, 9.17) is 4.42 Å². The molecule has 0 aliphatic heterocycles. The van der Waals surface area contributed by atoms with Gasteiger partial charge in [0.1, 0.15) is 11.9 Å². The van der Waals surface area contributed by atoms with Crippen molar-refractivity contribution in [1.82, 2.24) is 9.97 Å². The van der Waals surface area contributed by atoms with Crippen molar-refractivity contribution < 1.29 is 13.9 Å². The van der Waals surface area contributed by atoms with Gasteiger partial charge in [-0.3, -0.25) is 4.98 Å². The quantitative estimate of drug-likeness (QED) is 0.438. The molecule has 4 aromatic rings. The molecule has 0 saturated heterocycles. The number of benzene rings is 1. The van der Waals surface area contributed by atoms with Gasteiger partial charge in [0.2, 0.25) is 0 Å². The lowest BCUT2D eigenvalue weighted by Gasteiger charge is -2.16. The van der Waals surface area contributed by atoms with Crippen LogP contribution in [0.3, 0.4) is 0 Å². The molecule has 0 aliphatic carbocycles. The molecule has 0 radical (unpaired) electrons. The average molecular weight is 399 g/mol. The minimum Gasteiger partial charge on any atom is -0.472 e. The van der Waals surface area contributed by atoms with Crippen molar-refractivity contribution in [2.24, 2.45) is 0 Å². The van der Waals surface area contributed by atoms with Crippen LogP contribution in [0.15, 0.2) is 76.0 Å². The Morgan fingerprint density at radius 2 is 2.07 bits per heavy atom. The zero-order chi connectivity index (χ0) is 18.6. The van der Waals surface area contributed by atoms with Crippen LogP contribution < -0.4 is 4.72 Å². The lowest BCUT2D eigenvalue weighted by molar-refractivity contribution is 0.215. The summed E-state index contributed by atoms with van der Waals surface area (Å²) in [4.78, 5) is 9.10. The largest absolute Gasteiger partial charge is 0.472 e. The molecule has 0 spiro atoms. The van der Waals surface area contributed by atoms with E-state index in [1.165, 1.54) is 35.6 Å². The third-order valence-electron chi connectivity index (χ3n) is 3.88. The molecule has 3 aromatic heterocycles. The van der Waals surface area contributed by atoms with Crippen molar-refractivity contribution >= 4 is 28.4 Å². The van der Waals surface area contributed by atoms with Crippen molar-refractivity contribution in [2.45, 2.75) is 11.0 Å². The van der Waals surface area contributed by atoms with Gasteiger partial charge in [-0.15, -0.1) is 11.3 Å². The first-order chi connectivity index (χ1) is 13.2. The highest BCUT2D eigenvalue weighted by Gasteiger charge is 2.20. The fourth-order valence-corrected chi connectivity index (χ4v) is 3.86. The van der Waals surface area contributed by atoms with Crippen LogP contribution >= 0.6 is 23.3 Å². The van der Waals surface area contributed by atoms with Gasteiger partial charge in [-0.05, 0) is 36.2 Å². The van der Waals surface area contributed by atoms with Crippen LogP contribution in [0.25, 0.3) is 11.3 Å². The molecule has 0 saturated carbocycles. The number of aliphatic hydroxyl groups is 1. The molecule has 8 heteroatoms. The van der Waals surface area contributed by atoms with Crippen molar-refractivity contribution in [2.75, 3.05) is 4.72 Å². The van der Waals surface area contributed by atoms with Gasteiger partial charge in [-0.25, -0.2) is 9.37 Å². The zero-order valence-electron chi connectivity index (χ0n) is 13.9. The summed E-state index contributed by atoms with van der Waals surface area (Å²) in [5.41, 5.74) is 1.98. The minimum absolute atomic E-state index is 0.186. The second kappa shape index (κ2) is 7.91. The van der Waals surface area contributed by atoms with Crippen molar-refractivity contribution in [3.05, 3.63) is 83.6 Å². The molecule has 3 heterocycles. The maximum absolute atomic E-state index is 14.7. The lowest BCUT2D eigenvalue weighted by atomic mass is 9.97. The molecule has 27 heavy (non-hydrogen) atoms. The number of furan rings is 1. The second-order valence-electron chi connectivity index (χ2n) is 5.58. The van der Waals surface area contributed by atoms with Gasteiger partial charge < -0.3 is 14.2 Å². The molecule has 1 unspecified atom stereocenters. The highest BCUT2D eigenvalue weighted by molar-refractivity contribution is 8.00. The number of nitrogens with zero attached hydrogens (tertiary/aromatic N) is 2. The van der Waals surface area contributed by atoms with Gasteiger partial charge >= 0.3 is 0 Å². The Balaban J connectivity index is 1.58. The molecule has 1 atom stereocenters. The third kappa shape index (κ3) is 3.87. The Bertz CT molecular complexity index is 1020. The number of hydrogen-bond donors (Lipinski definition) is 2. The topological polar surface area (TPSA) is 71.2 Å². The second-order valence-corrected chi connectivity index (χ2v) is 7.35. The van der Waals surface area contributed by atoms with Gasteiger partial charge in [0, 0.05) is 39.4 Å². The first-order valence-corrected chi connectivity index (χ1v) is 9.69. The first-order valence-electron chi connectivity index (χ1n) is 8.00. The Morgan fingerprint density at radius 3 is 2.81 bits per heavy atom. The van der Waals surface area contributed by atoms with Crippen LogP contribution in [0.2, 0.25) is 0 Å². The minimum atomic E-state index is -1.14. The SMILES string of the molecule is OC(c1ccc(SNc2nccs2)cc1F)c1cccnc1-c1ccoc1. The van der Waals surface area contributed by atoms with E-state index in [0.29, 0.717) is 16.2 Å². The summed E-state index contributed by atoms with van der Waals surface area (Å²) in [5.74, 6) is -0.490. The van der Waals surface area contributed by atoms with E-state index in [2.05, 4.69) is 14.7 Å². The van der Waals surface area contributed by atoms with E-state index >= 15 is 0 Å². The van der Waals surface area contributed by atoms with Crippen LogP contribution in [-0.2, 0) is 0 Å². The summed E-state index contributed by atoms with van der Waals surface area (Å²) in [6, 6.07) is 9.91. The van der Waals surface area contributed by atoms with E-state index in [9.17, 15) is 9.50 Å². The van der Waals surface area contributed by atoms with Crippen LogP contribution in [0.4, 0.5) is 9.52 Å². The Morgan fingerprint density at radius 1 is 1.15 bits per heavy atom. The number of thiazole rings is 1. The number of pyridine rings is 1. The Labute approximate surface area is 163 Å². The molecule has 0 aliphatic rings. The fraction of sp³-hybridized carbons (Fsp3) is 0.0526. The molecule has 4 rings (SSSR count). The van der Waals surface area contributed by atoms with Crippen LogP contribution in [-0.4, -0.2) is 15.1 Å². The van der Waals surface area contributed by atoms with Crippen LogP contribution in [0, 0.1) is 5.82 Å². The van der Waals surface area contributed by atoms with Crippen molar-refractivity contribution in [3.8, 4) is 11.3 Å². The maximum Gasteiger partial charge on any atom is 0.192 e. The van der Waals surface area contributed by atoms with Crippen molar-refractivity contribution in [1.29, 1.82) is 0 Å².